The lowest BCUT2D eigenvalue weighted by molar-refractivity contribution is 0.208. The molecule has 0 bridgehead atoms. The van der Waals surface area contributed by atoms with Crippen LogP contribution in [0.5, 0.6) is 0 Å². The van der Waals surface area contributed by atoms with Gasteiger partial charge in [0.05, 0.1) is 0 Å². The molecule has 2 aliphatic rings. The monoisotopic (exact) mass is 272 g/mol. The molecular weight excluding hydrogens is 244 g/mol. The first-order chi connectivity index (χ1) is 9.54. The van der Waals surface area contributed by atoms with Crippen LogP contribution in [-0.2, 0) is 18.3 Å². The van der Waals surface area contributed by atoms with Gasteiger partial charge in [0.25, 0.3) is 0 Å². The highest BCUT2D eigenvalue weighted by Gasteiger charge is 2.25. The summed E-state index contributed by atoms with van der Waals surface area (Å²) >= 11 is 0. The number of nitrogens with zero attached hydrogens (tertiary/aromatic N) is 2. The highest BCUT2D eigenvalue weighted by molar-refractivity contribution is 5.30. The van der Waals surface area contributed by atoms with Gasteiger partial charge in [-0.2, -0.15) is 0 Å². The molecule has 0 amide bonds. The second-order valence-electron chi connectivity index (χ2n) is 7.55. The lowest BCUT2D eigenvalue weighted by Crippen LogP contribution is -2.35. The largest absolute Gasteiger partial charge is 0.300 e. The maximum atomic E-state index is 4.78. The summed E-state index contributed by atoms with van der Waals surface area (Å²) < 4.78 is 0. The van der Waals surface area contributed by atoms with Crippen molar-refractivity contribution < 1.29 is 0 Å². The van der Waals surface area contributed by atoms with Crippen LogP contribution in [0.2, 0.25) is 0 Å². The van der Waals surface area contributed by atoms with E-state index in [4.69, 9.17) is 4.98 Å². The van der Waals surface area contributed by atoms with Crippen LogP contribution in [0.3, 0.4) is 0 Å². The normalized spacial score (nSPS) is 21.8. The van der Waals surface area contributed by atoms with E-state index >= 15 is 0 Å². The molecule has 1 aromatic heterocycles. The molecule has 0 aromatic carbocycles. The zero-order valence-electron chi connectivity index (χ0n) is 13.3. The van der Waals surface area contributed by atoms with E-state index in [1.807, 2.05) is 0 Å². The molecule has 1 aromatic rings. The summed E-state index contributed by atoms with van der Waals surface area (Å²) in [6.45, 7) is 9.26. The molecule has 3 rings (SSSR count). The quantitative estimate of drug-likeness (QED) is 0.774. The molecule has 1 aliphatic heterocycles. The van der Waals surface area contributed by atoms with Crippen molar-refractivity contribution in [3.05, 3.63) is 29.1 Å². The van der Waals surface area contributed by atoms with Gasteiger partial charge in [-0.15, -0.1) is 0 Å². The second-order valence-corrected chi connectivity index (χ2v) is 7.55. The summed E-state index contributed by atoms with van der Waals surface area (Å²) in [5.41, 5.74) is 4.43. The molecular formula is C18H28N2. The number of aromatic nitrogens is 1. The third-order valence-electron chi connectivity index (χ3n) is 5.07. The number of hydrogen-bond acceptors (Lipinski definition) is 2. The Hall–Kier alpha value is -0.890. The van der Waals surface area contributed by atoms with Crippen LogP contribution in [0.25, 0.3) is 0 Å². The van der Waals surface area contributed by atoms with Gasteiger partial charge in [-0.25, -0.2) is 0 Å². The first-order valence-electron chi connectivity index (χ1n) is 8.26. The molecule has 0 saturated heterocycles. The van der Waals surface area contributed by atoms with Gasteiger partial charge in [0.1, 0.15) is 0 Å². The van der Waals surface area contributed by atoms with Gasteiger partial charge < -0.3 is 0 Å². The van der Waals surface area contributed by atoms with Gasteiger partial charge >= 0.3 is 0 Å². The fourth-order valence-corrected chi connectivity index (χ4v) is 3.65. The summed E-state index contributed by atoms with van der Waals surface area (Å²) in [7, 11) is 0. The van der Waals surface area contributed by atoms with E-state index in [2.05, 4.69) is 37.9 Å². The highest BCUT2D eigenvalue weighted by atomic mass is 15.2. The average Bonchev–Trinajstić information content (AvgIpc) is 2.84. The molecule has 1 fully saturated rings. The van der Waals surface area contributed by atoms with E-state index in [9.17, 15) is 0 Å². The van der Waals surface area contributed by atoms with Gasteiger partial charge in [-0.05, 0) is 35.8 Å². The molecule has 20 heavy (non-hydrogen) atoms. The molecule has 0 atom stereocenters. The van der Waals surface area contributed by atoms with Crippen LogP contribution in [-0.4, -0.2) is 29.0 Å². The molecule has 0 unspecified atom stereocenters. The summed E-state index contributed by atoms with van der Waals surface area (Å²) in [5.74, 6) is 0. The minimum absolute atomic E-state index is 0.208. The molecule has 1 saturated carbocycles. The second kappa shape index (κ2) is 5.48. The van der Waals surface area contributed by atoms with Crippen LogP contribution < -0.4 is 0 Å². The summed E-state index contributed by atoms with van der Waals surface area (Å²) in [4.78, 5) is 7.51. The van der Waals surface area contributed by atoms with E-state index < -0.39 is 0 Å². The fraction of sp³-hybridized carbons (Fsp3) is 0.722. The Bertz CT molecular complexity index is 467. The van der Waals surface area contributed by atoms with Gasteiger partial charge in [0.2, 0.25) is 0 Å². The molecule has 110 valence electrons. The van der Waals surface area contributed by atoms with Crippen molar-refractivity contribution in [3.8, 4) is 0 Å². The Labute approximate surface area is 123 Å². The van der Waals surface area contributed by atoms with E-state index in [0.29, 0.717) is 0 Å². The van der Waals surface area contributed by atoms with Gasteiger partial charge in [-0.3, -0.25) is 9.88 Å². The molecule has 0 radical (unpaired) electrons. The summed E-state index contributed by atoms with van der Waals surface area (Å²) in [6.07, 6.45) is 10.1. The summed E-state index contributed by atoms with van der Waals surface area (Å²) in [6, 6.07) is 3.27. The third kappa shape index (κ3) is 2.90. The molecule has 0 N–H and O–H groups in total. The number of hydrogen-bond donors (Lipinski definition) is 0. The van der Waals surface area contributed by atoms with Crippen LogP contribution in [0.15, 0.2) is 12.3 Å². The maximum absolute atomic E-state index is 4.78. The Morgan fingerprint density at radius 2 is 1.80 bits per heavy atom. The maximum Gasteiger partial charge on any atom is 0.0448 e. The molecule has 2 nitrogen and oxygen atoms in total. The number of fused-ring (bicyclic) bond motifs is 1. The van der Waals surface area contributed by atoms with E-state index in [1.54, 1.807) is 0 Å². The van der Waals surface area contributed by atoms with E-state index in [1.165, 1.54) is 62.0 Å². The lowest BCUT2D eigenvalue weighted by atomic mass is 9.87. The van der Waals surface area contributed by atoms with Crippen molar-refractivity contribution in [2.45, 2.75) is 70.8 Å². The Balaban J connectivity index is 1.76. The standard InChI is InChI=1S/C18H28N2/c1-18(2,3)15-12-14-8-10-20(16-6-4-5-7-16)11-9-17(14)19-13-15/h12-13,16H,4-11H2,1-3H3. The van der Waals surface area contributed by atoms with E-state index in [-0.39, 0.29) is 5.41 Å². The molecule has 2 heteroatoms. The van der Waals surface area contributed by atoms with Gasteiger partial charge in [0.15, 0.2) is 0 Å². The van der Waals surface area contributed by atoms with Crippen LogP contribution in [0.4, 0.5) is 0 Å². The Kier molecular flexibility index (Phi) is 3.85. The number of pyridine rings is 1. The lowest BCUT2D eigenvalue weighted by Gasteiger charge is -2.26. The Morgan fingerprint density at radius 1 is 1.10 bits per heavy atom. The zero-order valence-corrected chi connectivity index (χ0v) is 13.3. The highest BCUT2D eigenvalue weighted by Crippen LogP contribution is 2.28. The first-order valence-corrected chi connectivity index (χ1v) is 8.26. The molecule has 0 spiro atoms. The third-order valence-corrected chi connectivity index (χ3v) is 5.07. The molecule has 1 aliphatic carbocycles. The van der Waals surface area contributed by atoms with E-state index in [0.717, 1.165) is 12.5 Å². The summed E-state index contributed by atoms with van der Waals surface area (Å²) in [5, 5.41) is 0. The average molecular weight is 272 g/mol. The minimum atomic E-state index is 0.208. The van der Waals surface area contributed by atoms with Crippen LogP contribution in [0.1, 0.15) is 63.3 Å². The molecule has 2 heterocycles. The predicted molar refractivity (Wildman–Crippen MR) is 84.2 cm³/mol. The topological polar surface area (TPSA) is 16.1 Å². The number of rotatable bonds is 1. The van der Waals surface area contributed by atoms with Crippen molar-refractivity contribution in [2.75, 3.05) is 13.1 Å². The van der Waals surface area contributed by atoms with Gasteiger partial charge in [-0.1, -0.05) is 39.7 Å². The van der Waals surface area contributed by atoms with Crippen molar-refractivity contribution >= 4 is 0 Å². The smallest absolute Gasteiger partial charge is 0.0448 e. The minimum Gasteiger partial charge on any atom is -0.300 e. The van der Waals surface area contributed by atoms with Gasteiger partial charge in [0, 0.05) is 37.4 Å². The van der Waals surface area contributed by atoms with Crippen molar-refractivity contribution in [1.29, 1.82) is 0 Å². The van der Waals surface area contributed by atoms with Crippen molar-refractivity contribution in [1.82, 2.24) is 9.88 Å². The van der Waals surface area contributed by atoms with Crippen LogP contribution >= 0.6 is 0 Å². The fourth-order valence-electron chi connectivity index (χ4n) is 3.65. The SMILES string of the molecule is CC(C)(C)c1cnc2c(c1)CCN(C1CCCC1)CC2. The van der Waals surface area contributed by atoms with Crippen LogP contribution in [0, 0.1) is 0 Å². The zero-order chi connectivity index (χ0) is 14.2. The van der Waals surface area contributed by atoms with Crippen molar-refractivity contribution in [2.24, 2.45) is 0 Å². The first kappa shape index (κ1) is 14.1. The van der Waals surface area contributed by atoms with Crippen molar-refractivity contribution in [3.63, 3.8) is 0 Å². The Morgan fingerprint density at radius 3 is 2.50 bits per heavy atom. The predicted octanol–water partition coefficient (Wildman–Crippen LogP) is 3.72.